The third-order valence-corrected chi connectivity index (χ3v) is 4.02. The number of nitrogens with zero attached hydrogens (tertiary/aromatic N) is 2. The Labute approximate surface area is 115 Å². The average Bonchev–Trinajstić information content (AvgIpc) is 2.30. The van der Waals surface area contributed by atoms with Crippen LogP contribution in [0.25, 0.3) is 0 Å². The zero-order chi connectivity index (χ0) is 12.4. The first-order chi connectivity index (χ1) is 8.11. The zero-order valence-electron chi connectivity index (χ0n) is 9.87. The quantitative estimate of drug-likeness (QED) is 0.911. The molecule has 5 heteroatoms. The van der Waals surface area contributed by atoms with Crippen molar-refractivity contribution in [1.29, 1.82) is 0 Å². The third-order valence-electron chi connectivity index (χ3n) is 3.31. The molecule has 1 aliphatic heterocycles. The first-order valence-corrected chi connectivity index (χ1v) is 7.06. The van der Waals surface area contributed by atoms with Crippen molar-refractivity contribution in [2.75, 3.05) is 18.0 Å². The van der Waals surface area contributed by atoms with Gasteiger partial charge >= 0.3 is 0 Å². The summed E-state index contributed by atoms with van der Waals surface area (Å²) in [4.78, 5) is 6.66. The average molecular weight is 319 g/mol. The zero-order valence-corrected chi connectivity index (χ0v) is 12.2. The second-order valence-corrected chi connectivity index (χ2v) is 5.99. The van der Waals surface area contributed by atoms with Gasteiger partial charge in [-0.15, -0.1) is 0 Å². The molecule has 2 atom stereocenters. The van der Waals surface area contributed by atoms with E-state index in [9.17, 15) is 0 Å². The summed E-state index contributed by atoms with van der Waals surface area (Å²) in [6.07, 6.45) is 4.07. The predicted molar refractivity (Wildman–Crippen MR) is 75.5 cm³/mol. The van der Waals surface area contributed by atoms with Crippen LogP contribution in [0.5, 0.6) is 0 Å². The minimum absolute atomic E-state index is 0.352. The van der Waals surface area contributed by atoms with Gasteiger partial charge in [-0.05, 0) is 40.8 Å². The molecule has 0 aromatic carbocycles. The smallest absolute Gasteiger partial charge is 0.147 e. The number of halogens is 2. The molecule has 1 fully saturated rings. The van der Waals surface area contributed by atoms with Crippen molar-refractivity contribution in [1.82, 2.24) is 4.98 Å². The van der Waals surface area contributed by atoms with Crippen LogP contribution in [0.4, 0.5) is 5.82 Å². The molecule has 1 saturated heterocycles. The van der Waals surface area contributed by atoms with E-state index >= 15 is 0 Å². The van der Waals surface area contributed by atoms with E-state index < -0.39 is 0 Å². The van der Waals surface area contributed by atoms with Crippen LogP contribution in [0.2, 0.25) is 5.02 Å². The van der Waals surface area contributed by atoms with Crippen molar-refractivity contribution in [2.24, 2.45) is 11.7 Å². The molecule has 1 aromatic heterocycles. The molecule has 3 nitrogen and oxygen atoms in total. The molecule has 0 spiro atoms. The number of anilines is 1. The number of rotatable bonds is 2. The fraction of sp³-hybridized carbons (Fsp3) is 0.583. The van der Waals surface area contributed by atoms with Gasteiger partial charge in [-0.2, -0.15) is 0 Å². The molecule has 2 heterocycles. The topological polar surface area (TPSA) is 42.2 Å². The van der Waals surface area contributed by atoms with Gasteiger partial charge in [0.05, 0.1) is 5.02 Å². The summed E-state index contributed by atoms with van der Waals surface area (Å²) in [5.74, 6) is 1.59. The van der Waals surface area contributed by atoms with Crippen LogP contribution >= 0.6 is 27.5 Å². The van der Waals surface area contributed by atoms with Crippen molar-refractivity contribution in [3.8, 4) is 0 Å². The Kier molecular flexibility index (Phi) is 4.28. The van der Waals surface area contributed by atoms with Crippen LogP contribution in [0, 0.1) is 5.92 Å². The number of nitrogens with two attached hydrogens (primary N) is 1. The maximum Gasteiger partial charge on any atom is 0.147 e. The fourth-order valence-corrected chi connectivity index (χ4v) is 3.11. The number of hydrogen-bond donors (Lipinski definition) is 1. The second kappa shape index (κ2) is 5.55. The van der Waals surface area contributed by atoms with E-state index in [1.165, 1.54) is 6.42 Å². The molecule has 2 unspecified atom stereocenters. The van der Waals surface area contributed by atoms with E-state index in [-0.39, 0.29) is 0 Å². The summed E-state index contributed by atoms with van der Waals surface area (Å²) in [5.41, 5.74) is 5.85. The molecule has 94 valence electrons. The van der Waals surface area contributed by atoms with Gasteiger partial charge in [0.2, 0.25) is 0 Å². The minimum Gasteiger partial charge on any atom is -0.351 e. The van der Waals surface area contributed by atoms with Crippen LogP contribution < -0.4 is 10.6 Å². The summed E-state index contributed by atoms with van der Waals surface area (Å²) < 4.78 is 0.904. The first-order valence-electron chi connectivity index (χ1n) is 5.89. The molecule has 0 bridgehead atoms. The van der Waals surface area contributed by atoms with Crippen molar-refractivity contribution in [2.45, 2.75) is 25.8 Å². The van der Waals surface area contributed by atoms with Crippen LogP contribution in [0.1, 0.15) is 19.8 Å². The summed E-state index contributed by atoms with van der Waals surface area (Å²) in [6.45, 7) is 3.91. The van der Waals surface area contributed by atoms with Gasteiger partial charge in [0.25, 0.3) is 0 Å². The second-order valence-electron chi connectivity index (χ2n) is 4.67. The van der Waals surface area contributed by atoms with Crippen LogP contribution in [-0.4, -0.2) is 24.1 Å². The van der Waals surface area contributed by atoms with Crippen LogP contribution in [-0.2, 0) is 0 Å². The van der Waals surface area contributed by atoms with Crippen molar-refractivity contribution >= 4 is 33.3 Å². The summed E-state index contributed by atoms with van der Waals surface area (Å²) in [5, 5.41) is 0.687. The molecule has 0 saturated carbocycles. The van der Waals surface area contributed by atoms with Crippen molar-refractivity contribution < 1.29 is 0 Å². The highest BCUT2D eigenvalue weighted by atomic mass is 79.9. The monoisotopic (exact) mass is 317 g/mol. The molecule has 2 rings (SSSR count). The minimum atomic E-state index is 0.352. The molecule has 17 heavy (non-hydrogen) atoms. The first kappa shape index (κ1) is 13.1. The highest BCUT2D eigenvalue weighted by Crippen LogP contribution is 2.32. The summed E-state index contributed by atoms with van der Waals surface area (Å²) >= 11 is 9.62. The maximum absolute atomic E-state index is 6.25. The lowest BCUT2D eigenvalue weighted by Gasteiger charge is -2.39. The standard InChI is InChI=1S/C12H17BrClN3/c1-8-2-3-17(10(4-8)6-15)12-11(14)5-9(13)7-16-12/h5,7-8,10H,2-4,6,15H2,1H3. The highest BCUT2D eigenvalue weighted by Gasteiger charge is 2.27. The Hall–Kier alpha value is -0.320. The number of hydrogen-bond acceptors (Lipinski definition) is 3. The van der Waals surface area contributed by atoms with Gasteiger partial charge in [0.15, 0.2) is 0 Å². The molecule has 0 radical (unpaired) electrons. The van der Waals surface area contributed by atoms with Crippen LogP contribution in [0.3, 0.4) is 0 Å². The van der Waals surface area contributed by atoms with E-state index in [1.807, 2.05) is 6.07 Å². The van der Waals surface area contributed by atoms with E-state index in [4.69, 9.17) is 17.3 Å². The van der Waals surface area contributed by atoms with Gasteiger partial charge in [-0.25, -0.2) is 4.98 Å². The van der Waals surface area contributed by atoms with Crippen molar-refractivity contribution in [3.63, 3.8) is 0 Å². The van der Waals surface area contributed by atoms with Gasteiger partial charge in [-0.1, -0.05) is 18.5 Å². The van der Waals surface area contributed by atoms with E-state index in [2.05, 4.69) is 32.7 Å². The van der Waals surface area contributed by atoms with Gasteiger partial charge in [0.1, 0.15) is 5.82 Å². The van der Waals surface area contributed by atoms with Gasteiger partial charge in [-0.3, -0.25) is 0 Å². The summed E-state index contributed by atoms with van der Waals surface area (Å²) in [7, 11) is 0. The molecule has 1 aliphatic rings. The fourth-order valence-electron chi connectivity index (χ4n) is 2.37. The molecule has 0 amide bonds. The normalized spacial score (nSPS) is 25.1. The van der Waals surface area contributed by atoms with E-state index in [0.717, 1.165) is 29.2 Å². The Morgan fingerprint density at radius 3 is 3.06 bits per heavy atom. The third kappa shape index (κ3) is 2.92. The SMILES string of the molecule is CC1CCN(c2ncc(Br)cc2Cl)C(CN)C1. The lowest BCUT2D eigenvalue weighted by atomic mass is 9.92. The van der Waals surface area contributed by atoms with E-state index in [0.29, 0.717) is 17.6 Å². The Morgan fingerprint density at radius 1 is 1.65 bits per heavy atom. The Balaban J connectivity index is 2.25. The number of piperidine rings is 1. The lowest BCUT2D eigenvalue weighted by Crippen LogP contribution is -2.46. The Bertz CT molecular complexity index is 399. The number of pyridine rings is 1. The van der Waals surface area contributed by atoms with Crippen LogP contribution in [0.15, 0.2) is 16.7 Å². The molecule has 0 aliphatic carbocycles. The van der Waals surface area contributed by atoms with Gasteiger partial charge < -0.3 is 10.6 Å². The number of aromatic nitrogens is 1. The highest BCUT2D eigenvalue weighted by molar-refractivity contribution is 9.10. The Morgan fingerprint density at radius 2 is 2.41 bits per heavy atom. The summed E-state index contributed by atoms with van der Waals surface area (Å²) in [6, 6.07) is 2.24. The maximum atomic E-state index is 6.25. The van der Waals surface area contributed by atoms with Gasteiger partial charge in [0, 0.05) is 29.8 Å². The van der Waals surface area contributed by atoms with Crippen molar-refractivity contribution in [3.05, 3.63) is 21.8 Å². The largest absolute Gasteiger partial charge is 0.351 e. The van der Waals surface area contributed by atoms with E-state index in [1.54, 1.807) is 6.20 Å². The molecule has 1 aromatic rings. The molecular formula is C12H17BrClN3. The lowest BCUT2D eigenvalue weighted by molar-refractivity contribution is 0.365. The predicted octanol–water partition coefficient (Wildman–Crippen LogP) is 3.06. The molecule has 2 N–H and O–H groups in total. The molecular weight excluding hydrogens is 302 g/mol.